The molecule has 1 aromatic carbocycles. The molecule has 5 nitrogen and oxygen atoms in total. The molecular weight excluding hydrogens is 258 g/mol. The zero-order valence-electron chi connectivity index (χ0n) is 11.2. The van der Waals surface area contributed by atoms with E-state index >= 15 is 0 Å². The molecule has 2 rings (SSSR count). The fourth-order valence-corrected chi connectivity index (χ4v) is 2.92. The van der Waals surface area contributed by atoms with Gasteiger partial charge in [0.05, 0.1) is 0 Å². The Labute approximate surface area is 117 Å². The predicted octanol–water partition coefficient (Wildman–Crippen LogP) is 1.68. The van der Waals surface area contributed by atoms with Crippen molar-refractivity contribution in [3.05, 3.63) is 35.9 Å². The SMILES string of the molecule is O=C(O)C[C@H]1CN(Cc2ccccc2)C[C@@H]1CC(=O)O. The summed E-state index contributed by atoms with van der Waals surface area (Å²) >= 11 is 0. The van der Waals surface area contributed by atoms with Gasteiger partial charge in [-0.3, -0.25) is 14.5 Å². The zero-order valence-corrected chi connectivity index (χ0v) is 11.2. The Hall–Kier alpha value is -1.88. The summed E-state index contributed by atoms with van der Waals surface area (Å²) in [5.41, 5.74) is 1.16. The van der Waals surface area contributed by atoms with Gasteiger partial charge in [-0.25, -0.2) is 0 Å². The molecular formula is C15H19NO4. The van der Waals surface area contributed by atoms with Crippen LogP contribution in [-0.4, -0.2) is 40.1 Å². The van der Waals surface area contributed by atoms with E-state index in [1.807, 2.05) is 30.3 Å². The summed E-state index contributed by atoms with van der Waals surface area (Å²) in [5, 5.41) is 17.9. The van der Waals surface area contributed by atoms with Crippen molar-refractivity contribution < 1.29 is 19.8 Å². The van der Waals surface area contributed by atoms with Crippen LogP contribution in [0.25, 0.3) is 0 Å². The fraction of sp³-hybridized carbons (Fsp3) is 0.467. The summed E-state index contributed by atoms with van der Waals surface area (Å²) in [6, 6.07) is 9.94. The first-order chi connectivity index (χ1) is 9.54. The summed E-state index contributed by atoms with van der Waals surface area (Å²) in [6.45, 7) is 2.05. The van der Waals surface area contributed by atoms with Gasteiger partial charge in [-0.15, -0.1) is 0 Å². The van der Waals surface area contributed by atoms with E-state index in [2.05, 4.69) is 4.90 Å². The molecule has 5 heteroatoms. The lowest BCUT2D eigenvalue weighted by Crippen LogP contribution is -2.20. The Bertz CT molecular complexity index is 450. The first-order valence-corrected chi connectivity index (χ1v) is 6.74. The summed E-state index contributed by atoms with van der Waals surface area (Å²) in [4.78, 5) is 23.9. The molecule has 0 aromatic heterocycles. The number of carboxylic acids is 2. The van der Waals surface area contributed by atoms with Crippen LogP contribution in [0.2, 0.25) is 0 Å². The largest absolute Gasteiger partial charge is 0.481 e. The zero-order chi connectivity index (χ0) is 14.5. The first kappa shape index (κ1) is 14.5. The van der Waals surface area contributed by atoms with Crippen molar-refractivity contribution in [2.75, 3.05) is 13.1 Å². The second-order valence-electron chi connectivity index (χ2n) is 5.40. The van der Waals surface area contributed by atoms with Gasteiger partial charge in [-0.2, -0.15) is 0 Å². The predicted molar refractivity (Wildman–Crippen MR) is 73.2 cm³/mol. The molecule has 0 bridgehead atoms. The lowest BCUT2D eigenvalue weighted by Gasteiger charge is -2.15. The van der Waals surface area contributed by atoms with E-state index in [0.717, 1.165) is 12.1 Å². The van der Waals surface area contributed by atoms with E-state index in [4.69, 9.17) is 10.2 Å². The smallest absolute Gasteiger partial charge is 0.303 e. The molecule has 0 saturated carbocycles. The molecule has 2 atom stereocenters. The molecule has 0 aliphatic carbocycles. The molecule has 1 heterocycles. The van der Waals surface area contributed by atoms with E-state index in [1.54, 1.807) is 0 Å². The molecule has 108 valence electrons. The molecule has 0 radical (unpaired) electrons. The van der Waals surface area contributed by atoms with Crippen molar-refractivity contribution in [3.8, 4) is 0 Å². The van der Waals surface area contributed by atoms with Crippen LogP contribution < -0.4 is 0 Å². The summed E-state index contributed by atoms with van der Waals surface area (Å²) < 4.78 is 0. The van der Waals surface area contributed by atoms with Gasteiger partial charge in [0, 0.05) is 32.5 Å². The van der Waals surface area contributed by atoms with Crippen LogP contribution in [0.3, 0.4) is 0 Å². The number of likely N-dealkylation sites (tertiary alicyclic amines) is 1. The second-order valence-corrected chi connectivity index (χ2v) is 5.40. The van der Waals surface area contributed by atoms with Crippen LogP contribution in [0, 0.1) is 11.8 Å². The molecule has 0 amide bonds. The van der Waals surface area contributed by atoms with Crippen molar-refractivity contribution in [2.24, 2.45) is 11.8 Å². The normalized spacial score (nSPS) is 22.8. The van der Waals surface area contributed by atoms with Gasteiger partial charge in [-0.05, 0) is 17.4 Å². The fourth-order valence-electron chi connectivity index (χ4n) is 2.92. The minimum Gasteiger partial charge on any atom is -0.481 e. The highest BCUT2D eigenvalue weighted by Crippen LogP contribution is 2.30. The van der Waals surface area contributed by atoms with E-state index < -0.39 is 11.9 Å². The molecule has 1 fully saturated rings. The molecule has 1 aliphatic rings. The minimum atomic E-state index is -0.855. The van der Waals surface area contributed by atoms with Crippen LogP contribution >= 0.6 is 0 Å². The summed E-state index contributed by atoms with van der Waals surface area (Å²) in [6.07, 6.45) is 0.0898. The minimum absolute atomic E-state index is 0.0449. The number of hydrogen-bond acceptors (Lipinski definition) is 3. The number of benzene rings is 1. The molecule has 1 saturated heterocycles. The van der Waals surface area contributed by atoms with Crippen LogP contribution in [-0.2, 0) is 16.1 Å². The van der Waals surface area contributed by atoms with Gasteiger partial charge in [0.25, 0.3) is 0 Å². The topological polar surface area (TPSA) is 77.8 Å². The van der Waals surface area contributed by atoms with E-state index in [-0.39, 0.29) is 24.7 Å². The Morgan fingerprint density at radius 3 is 1.95 bits per heavy atom. The molecule has 1 aliphatic heterocycles. The average Bonchev–Trinajstić information content (AvgIpc) is 2.70. The monoisotopic (exact) mass is 277 g/mol. The van der Waals surface area contributed by atoms with Crippen LogP contribution in [0.15, 0.2) is 30.3 Å². The van der Waals surface area contributed by atoms with Crippen molar-refractivity contribution in [1.82, 2.24) is 4.90 Å². The number of nitrogens with zero attached hydrogens (tertiary/aromatic N) is 1. The summed E-state index contributed by atoms with van der Waals surface area (Å²) in [7, 11) is 0. The Kier molecular flexibility index (Phi) is 4.74. The maximum absolute atomic E-state index is 10.9. The third-order valence-corrected chi connectivity index (χ3v) is 3.77. The lowest BCUT2D eigenvalue weighted by atomic mass is 9.90. The summed E-state index contributed by atoms with van der Waals surface area (Å²) in [5.74, 6) is -1.86. The van der Waals surface area contributed by atoms with Gasteiger partial charge in [0.2, 0.25) is 0 Å². The highest BCUT2D eigenvalue weighted by molar-refractivity contribution is 5.69. The van der Waals surface area contributed by atoms with Crippen molar-refractivity contribution in [1.29, 1.82) is 0 Å². The standard InChI is InChI=1S/C15H19NO4/c17-14(18)6-12-9-16(10-13(12)7-15(19)20)8-11-4-2-1-3-5-11/h1-5,12-13H,6-10H2,(H,17,18)(H,19,20)/t12-,13-/m0/s1. The third kappa shape index (κ3) is 4.06. The van der Waals surface area contributed by atoms with Gasteiger partial charge in [-0.1, -0.05) is 30.3 Å². The highest BCUT2D eigenvalue weighted by atomic mass is 16.4. The van der Waals surface area contributed by atoms with Crippen LogP contribution in [0.5, 0.6) is 0 Å². The lowest BCUT2D eigenvalue weighted by molar-refractivity contribution is -0.141. The number of carboxylic acid groups (broad SMARTS) is 2. The van der Waals surface area contributed by atoms with Crippen molar-refractivity contribution >= 4 is 11.9 Å². The quantitative estimate of drug-likeness (QED) is 0.827. The van der Waals surface area contributed by atoms with E-state index in [9.17, 15) is 9.59 Å². The Balaban J connectivity index is 1.99. The van der Waals surface area contributed by atoms with Gasteiger partial charge in [0.15, 0.2) is 0 Å². The molecule has 0 unspecified atom stereocenters. The van der Waals surface area contributed by atoms with Gasteiger partial charge < -0.3 is 10.2 Å². The number of hydrogen-bond donors (Lipinski definition) is 2. The van der Waals surface area contributed by atoms with Crippen LogP contribution in [0.4, 0.5) is 0 Å². The first-order valence-electron chi connectivity index (χ1n) is 6.74. The average molecular weight is 277 g/mol. The maximum Gasteiger partial charge on any atom is 0.303 e. The molecule has 0 spiro atoms. The number of rotatable bonds is 6. The third-order valence-electron chi connectivity index (χ3n) is 3.77. The Morgan fingerprint density at radius 1 is 1.00 bits per heavy atom. The van der Waals surface area contributed by atoms with E-state index in [1.165, 1.54) is 0 Å². The van der Waals surface area contributed by atoms with Crippen molar-refractivity contribution in [3.63, 3.8) is 0 Å². The molecule has 2 N–H and O–H groups in total. The van der Waals surface area contributed by atoms with Gasteiger partial charge >= 0.3 is 11.9 Å². The van der Waals surface area contributed by atoms with E-state index in [0.29, 0.717) is 13.1 Å². The Morgan fingerprint density at radius 2 is 1.50 bits per heavy atom. The van der Waals surface area contributed by atoms with Gasteiger partial charge in [0.1, 0.15) is 0 Å². The molecule has 20 heavy (non-hydrogen) atoms. The number of aliphatic carboxylic acids is 2. The highest BCUT2D eigenvalue weighted by Gasteiger charge is 2.35. The molecule has 1 aromatic rings. The number of carbonyl (C=O) groups is 2. The van der Waals surface area contributed by atoms with Crippen molar-refractivity contribution in [2.45, 2.75) is 19.4 Å². The second kappa shape index (κ2) is 6.52. The maximum atomic E-state index is 10.9. The van der Waals surface area contributed by atoms with Crippen LogP contribution in [0.1, 0.15) is 18.4 Å².